The first kappa shape index (κ1) is 21.2. The number of rotatable bonds is 6. The average molecular weight is 381 g/mol. The molecule has 3 N–H and O–H groups in total. The van der Waals surface area contributed by atoms with Crippen molar-refractivity contribution in [2.24, 2.45) is 11.3 Å². The highest BCUT2D eigenvalue weighted by molar-refractivity contribution is 6.09. The van der Waals surface area contributed by atoms with Gasteiger partial charge in [-0.1, -0.05) is 20.8 Å². The van der Waals surface area contributed by atoms with Gasteiger partial charge in [-0.05, 0) is 50.9 Å². The van der Waals surface area contributed by atoms with Crippen LogP contribution in [0.5, 0.6) is 0 Å². The largest absolute Gasteiger partial charge is 0.481 e. The van der Waals surface area contributed by atoms with Gasteiger partial charge in [-0.25, -0.2) is 4.79 Å². The number of aliphatic carboxylic acids is 1. The van der Waals surface area contributed by atoms with Gasteiger partial charge in [0.05, 0.1) is 0 Å². The van der Waals surface area contributed by atoms with E-state index in [1.807, 2.05) is 0 Å². The Balaban J connectivity index is 2.05. The summed E-state index contributed by atoms with van der Waals surface area (Å²) in [6.45, 7) is 9.31. The SMILES string of the molecule is CC1CC(C)(C)CC2(C1)NC(=O)N(CC(=O)NC(C)(C)CCC(=O)O)C2=O. The molecule has 8 heteroatoms. The predicted octanol–water partition coefficient (Wildman–Crippen LogP) is 1.88. The van der Waals surface area contributed by atoms with Crippen molar-refractivity contribution in [3.05, 3.63) is 0 Å². The van der Waals surface area contributed by atoms with Crippen molar-refractivity contribution >= 4 is 23.8 Å². The molecule has 152 valence electrons. The van der Waals surface area contributed by atoms with Crippen molar-refractivity contribution in [1.82, 2.24) is 15.5 Å². The number of hydrogen-bond donors (Lipinski definition) is 3. The maximum Gasteiger partial charge on any atom is 0.325 e. The van der Waals surface area contributed by atoms with Gasteiger partial charge in [0, 0.05) is 12.0 Å². The number of amides is 4. The molecule has 0 radical (unpaired) electrons. The van der Waals surface area contributed by atoms with Crippen molar-refractivity contribution in [2.45, 2.75) is 77.8 Å². The first-order chi connectivity index (χ1) is 12.3. The number of carboxylic acid groups (broad SMARTS) is 1. The van der Waals surface area contributed by atoms with Crippen LogP contribution in [-0.4, -0.2) is 51.4 Å². The van der Waals surface area contributed by atoms with E-state index in [1.54, 1.807) is 13.8 Å². The maximum atomic E-state index is 13.0. The molecule has 0 bridgehead atoms. The van der Waals surface area contributed by atoms with E-state index < -0.39 is 29.0 Å². The zero-order valence-corrected chi connectivity index (χ0v) is 16.8. The highest BCUT2D eigenvalue weighted by Gasteiger charge is 2.56. The number of carboxylic acids is 1. The molecule has 27 heavy (non-hydrogen) atoms. The van der Waals surface area contributed by atoms with E-state index in [0.29, 0.717) is 18.8 Å². The molecule has 8 nitrogen and oxygen atoms in total. The molecule has 0 aromatic carbocycles. The Morgan fingerprint density at radius 1 is 1.30 bits per heavy atom. The van der Waals surface area contributed by atoms with Gasteiger partial charge in [-0.15, -0.1) is 0 Å². The van der Waals surface area contributed by atoms with Crippen LogP contribution in [0.3, 0.4) is 0 Å². The molecular weight excluding hydrogens is 350 g/mol. The van der Waals surface area contributed by atoms with E-state index >= 15 is 0 Å². The van der Waals surface area contributed by atoms with Gasteiger partial charge in [0.2, 0.25) is 5.91 Å². The monoisotopic (exact) mass is 381 g/mol. The molecule has 1 saturated heterocycles. The van der Waals surface area contributed by atoms with Gasteiger partial charge >= 0.3 is 12.0 Å². The third-order valence-corrected chi connectivity index (χ3v) is 5.37. The molecular formula is C19H31N3O5. The van der Waals surface area contributed by atoms with Crippen LogP contribution in [-0.2, 0) is 14.4 Å². The smallest absolute Gasteiger partial charge is 0.325 e. The third-order valence-electron chi connectivity index (χ3n) is 5.37. The summed E-state index contributed by atoms with van der Waals surface area (Å²) in [4.78, 5) is 49.5. The van der Waals surface area contributed by atoms with E-state index in [0.717, 1.165) is 11.3 Å². The number of hydrogen-bond acceptors (Lipinski definition) is 4. The molecule has 2 aliphatic rings. The van der Waals surface area contributed by atoms with Crippen LogP contribution in [0.15, 0.2) is 0 Å². The van der Waals surface area contributed by atoms with Gasteiger partial charge in [0.25, 0.3) is 5.91 Å². The van der Waals surface area contributed by atoms with Crippen molar-refractivity contribution in [3.63, 3.8) is 0 Å². The minimum absolute atomic E-state index is 0.0717. The third kappa shape index (κ3) is 4.99. The fourth-order valence-corrected chi connectivity index (χ4v) is 4.69. The van der Waals surface area contributed by atoms with Gasteiger partial charge in [-0.2, -0.15) is 0 Å². The Bertz CT molecular complexity index is 658. The lowest BCUT2D eigenvalue weighted by atomic mass is 9.64. The maximum absolute atomic E-state index is 13.0. The van der Waals surface area contributed by atoms with Crippen molar-refractivity contribution < 1.29 is 24.3 Å². The Kier molecular flexibility index (Phi) is 5.59. The first-order valence-electron chi connectivity index (χ1n) is 9.42. The van der Waals surface area contributed by atoms with Gasteiger partial charge in [0.15, 0.2) is 0 Å². The number of carbonyl (C=O) groups is 4. The van der Waals surface area contributed by atoms with Crippen LogP contribution in [0, 0.1) is 11.3 Å². The molecule has 1 aliphatic carbocycles. The second kappa shape index (κ2) is 7.13. The van der Waals surface area contributed by atoms with E-state index in [2.05, 4.69) is 31.4 Å². The molecule has 1 heterocycles. The zero-order chi connectivity index (χ0) is 20.6. The first-order valence-corrected chi connectivity index (χ1v) is 9.42. The van der Waals surface area contributed by atoms with Crippen LogP contribution >= 0.6 is 0 Å². The highest BCUT2D eigenvalue weighted by Crippen LogP contribution is 2.46. The van der Waals surface area contributed by atoms with E-state index in [-0.39, 0.29) is 30.7 Å². The van der Waals surface area contributed by atoms with Crippen LogP contribution in [0.25, 0.3) is 0 Å². The molecule has 2 rings (SSSR count). The molecule has 2 fully saturated rings. The van der Waals surface area contributed by atoms with Crippen LogP contribution < -0.4 is 10.6 Å². The Hall–Kier alpha value is -2.12. The summed E-state index contributed by atoms with van der Waals surface area (Å²) in [7, 11) is 0. The molecule has 0 aromatic rings. The Morgan fingerprint density at radius 3 is 2.48 bits per heavy atom. The molecule has 2 unspecified atom stereocenters. The minimum atomic E-state index is -0.942. The van der Waals surface area contributed by atoms with Crippen molar-refractivity contribution in [2.75, 3.05) is 6.54 Å². The van der Waals surface area contributed by atoms with E-state index in [4.69, 9.17) is 5.11 Å². The van der Waals surface area contributed by atoms with Crippen LogP contribution in [0.4, 0.5) is 4.79 Å². The summed E-state index contributed by atoms with van der Waals surface area (Å²) < 4.78 is 0. The standard InChI is InChI=1S/C19H31N3O5/c1-12-8-17(2,3)11-19(9-12)15(26)22(16(27)21-19)10-13(23)20-18(4,5)7-6-14(24)25/h12H,6-11H2,1-5H3,(H,20,23)(H,21,27)(H,24,25). The average Bonchev–Trinajstić information content (AvgIpc) is 2.66. The Morgan fingerprint density at radius 2 is 1.93 bits per heavy atom. The number of urea groups is 1. The molecule has 0 aromatic heterocycles. The highest BCUT2D eigenvalue weighted by atomic mass is 16.4. The quantitative estimate of drug-likeness (QED) is 0.608. The fraction of sp³-hybridized carbons (Fsp3) is 0.789. The van der Waals surface area contributed by atoms with Gasteiger partial charge in [-0.3, -0.25) is 19.3 Å². The fourth-order valence-electron chi connectivity index (χ4n) is 4.69. The van der Waals surface area contributed by atoms with Gasteiger partial charge < -0.3 is 15.7 Å². The lowest BCUT2D eigenvalue weighted by Gasteiger charge is -2.43. The lowest BCUT2D eigenvalue weighted by Crippen LogP contribution is -2.54. The summed E-state index contributed by atoms with van der Waals surface area (Å²) in [5.74, 6) is -1.47. The van der Waals surface area contributed by atoms with Crippen LogP contribution in [0.1, 0.15) is 66.7 Å². The summed E-state index contributed by atoms with van der Waals surface area (Å²) in [6.07, 6.45) is 2.28. The molecule has 1 spiro atoms. The molecule has 1 aliphatic heterocycles. The summed E-state index contributed by atoms with van der Waals surface area (Å²) >= 11 is 0. The molecule has 2 atom stereocenters. The normalized spacial score (nSPS) is 27.6. The number of carbonyl (C=O) groups excluding carboxylic acids is 3. The zero-order valence-electron chi connectivity index (χ0n) is 16.8. The van der Waals surface area contributed by atoms with E-state index in [1.165, 1.54) is 0 Å². The Labute approximate surface area is 160 Å². The second-order valence-corrected chi connectivity index (χ2v) is 9.58. The second-order valence-electron chi connectivity index (χ2n) is 9.58. The van der Waals surface area contributed by atoms with Crippen LogP contribution in [0.2, 0.25) is 0 Å². The van der Waals surface area contributed by atoms with E-state index in [9.17, 15) is 19.2 Å². The van der Waals surface area contributed by atoms with Crippen molar-refractivity contribution in [1.29, 1.82) is 0 Å². The topological polar surface area (TPSA) is 116 Å². The minimum Gasteiger partial charge on any atom is -0.481 e. The molecule has 4 amide bonds. The molecule has 1 saturated carbocycles. The summed E-state index contributed by atoms with van der Waals surface area (Å²) in [5, 5.41) is 14.4. The summed E-state index contributed by atoms with van der Waals surface area (Å²) in [5.41, 5.74) is -1.75. The number of imide groups is 1. The lowest BCUT2D eigenvalue weighted by molar-refractivity contribution is -0.138. The van der Waals surface area contributed by atoms with Gasteiger partial charge in [0.1, 0.15) is 12.1 Å². The summed E-state index contributed by atoms with van der Waals surface area (Å²) in [6, 6.07) is -0.539. The number of nitrogens with one attached hydrogen (secondary N) is 2. The number of nitrogens with zero attached hydrogens (tertiary/aromatic N) is 1. The predicted molar refractivity (Wildman–Crippen MR) is 98.9 cm³/mol. The van der Waals surface area contributed by atoms with Crippen molar-refractivity contribution in [3.8, 4) is 0 Å².